The minimum absolute atomic E-state index is 0.105. The van der Waals surface area contributed by atoms with E-state index in [-0.39, 0.29) is 12.5 Å². The van der Waals surface area contributed by atoms with Crippen molar-refractivity contribution in [3.8, 4) is 0 Å². The van der Waals surface area contributed by atoms with Gasteiger partial charge in [0.2, 0.25) is 0 Å². The maximum atomic E-state index is 11.9. The molecule has 1 aliphatic rings. The van der Waals surface area contributed by atoms with Crippen molar-refractivity contribution in [3.63, 3.8) is 0 Å². The summed E-state index contributed by atoms with van der Waals surface area (Å²) in [6, 6.07) is -0.430. The van der Waals surface area contributed by atoms with E-state index in [0.29, 0.717) is 0 Å². The third-order valence-electron chi connectivity index (χ3n) is 2.71. The molecule has 1 saturated carbocycles. The molecule has 1 rings (SSSR count). The second-order valence-electron chi connectivity index (χ2n) is 4.10. The van der Waals surface area contributed by atoms with Crippen LogP contribution in [0.25, 0.3) is 0 Å². The minimum Gasteiger partial charge on any atom is -0.329 e. The van der Waals surface area contributed by atoms with Crippen molar-refractivity contribution in [1.82, 2.24) is 9.03 Å². The highest BCUT2D eigenvalue weighted by Crippen LogP contribution is 2.35. The molecule has 9 heteroatoms. The molecule has 5 nitrogen and oxygen atoms in total. The minimum atomic E-state index is -4.56. The average Bonchev–Trinajstić information content (AvgIpc) is 2.99. The third-order valence-corrected chi connectivity index (χ3v) is 4.25. The molecule has 1 atom stereocenters. The number of hydrogen-bond acceptors (Lipinski definition) is 3. The second-order valence-corrected chi connectivity index (χ2v) is 5.91. The monoisotopic (exact) mass is 275 g/mol. The molecule has 0 aromatic rings. The summed E-state index contributed by atoms with van der Waals surface area (Å²) in [5.41, 5.74) is 5.44. The summed E-state index contributed by atoms with van der Waals surface area (Å²) in [5, 5.41) is 0. The average molecular weight is 275 g/mol. The van der Waals surface area contributed by atoms with Crippen LogP contribution in [0.2, 0.25) is 0 Å². The topological polar surface area (TPSA) is 75.4 Å². The molecule has 0 aliphatic heterocycles. The molecule has 3 N–H and O–H groups in total. The summed E-state index contributed by atoms with van der Waals surface area (Å²) < 4.78 is 61.4. The van der Waals surface area contributed by atoms with Gasteiger partial charge in [0.25, 0.3) is 10.2 Å². The maximum Gasteiger partial charge on any atom is 0.402 e. The SMILES string of the molecule is CN(C(CN)C1CC1)S(=O)(=O)NCC(F)(F)F. The van der Waals surface area contributed by atoms with E-state index in [1.54, 1.807) is 0 Å². The number of hydrogen-bond donors (Lipinski definition) is 2. The van der Waals surface area contributed by atoms with Crippen LogP contribution in [0.5, 0.6) is 0 Å². The van der Waals surface area contributed by atoms with Crippen molar-refractivity contribution in [2.75, 3.05) is 20.1 Å². The summed E-state index contributed by atoms with van der Waals surface area (Å²) in [7, 11) is -2.88. The highest BCUT2D eigenvalue weighted by atomic mass is 32.2. The first kappa shape index (κ1) is 14.7. The molecule has 1 fully saturated rings. The number of halogens is 3. The van der Waals surface area contributed by atoms with Gasteiger partial charge in [-0.1, -0.05) is 0 Å². The molecule has 102 valence electrons. The first-order chi connectivity index (χ1) is 7.67. The highest BCUT2D eigenvalue weighted by molar-refractivity contribution is 7.87. The summed E-state index contributed by atoms with van der Waals surface area (Å²) in [6.45, 7) is -1.46. The molecular formula is C8H16F3N3O2S. The second kappa shape index (κ2) is 5.09. The van der Waals surface area contributed by atoms with Crippen molar-refractivity contribution in [3.05, 3.63) is 0 Å². The summed E-state index contributed by atoms with van der Waals surface area (Å²) >= 11 is 0. The smallest absolute Gasteiger partial charge is 0.329 e. The normalized spacial score (nSPS) is 19.6. The Hall–Kier alpha value is -0.380. The fraction of sp³-hybridized carbons (Fsp3) is 1.00. The maximum absolute atomic E-state index is 11.9. The van der Waals surface area contributed by atoms with Gasteiger partial charge in [-0.25, -0.2) is 0 Å². The molecule has 17 heavy (non-hydrogen) atoms. The van der Waals surface area contributed by atoms with Crippen LogP contribution in [-0.4, -0.2) is 45.1 Å². The fourth-order valence-electron chi connectivity index (χ4n) is 1.57. The Bertz CT molecular complexity index is 354. The molecule has 1 aliphatic carbocycles. The molecule has 0 aromatic heterocycles. The Morgan fingerprint density at radius 2 is 2.00 bits per heavy atom. The molecular weight excluding hydrogens is 259 g/mol. The number of nitrogens with one attached hydrogen (secondary N) is 1. The Morgan fingerprint density at radius 1 is 1.47 bits per heavy atom. The Morgan fingerprint density at radius 3 is 2.35 bits per heavy atom. The van der Waals surface area contributed by atoms with E-state index < -0.39 is 29.0 Å². The lowest BCUT2D eigenvalue weighted by Crippen LogP contribution is -2.49. The van der Waals surface area contributed by atoms with Crippen molar-refractivity contribution in [1.29, 1.82) is 0 Å². The first-order valence-corrected chi connectivity index (χ1v) is 6.61. The molecule has 0 saturated heterocycles. The lowest BCUT2D eigenvalue weighted by Gasteiger charge is -2.26. The van der Waals surface area contributed by atoms with E-state index >= 15 is 0 Å². The first-order valence-electron chi connectivity index (χ1n) is 5.17. The number of likely N-dealkylation sites (N-methyl/N-ethyl adjacent to an activating group) is 1. The molecule has 0 bridgehead atoms. The lowest BCUT2D eigenvalue weighted by atomic mass is 10.2. The van der Waals surface area contributed by atoms with E-state index in [1.165, 1.54) is 11.8 Å². The zero-order chi connectivity index (χ0) is 13.3. The van der Waals surface area contributed by atoms with Crippen molar-refractivity contribution in [2.24, 2.45) is 11.7 Å². The van der Waals surface area contributed by atoms with Gasteiger partial charge in [0, 0.05) is 19.6 Å². The molecule has 0 heterocycles. The van der Waals surface area contributed by atoms with Crippen LogP contribution in [0.3, 0.4) is 0 Å². The summed E-state index contributed by atoms with van der Waals surface area (Å²) in [5.74, 6) is 0.160. The predicted octanol–water partition coefficient (Wildman–Crippen LogP) is 0.0522. The Labute approximate surface area is 98.3 Å². The van der Waals surface area contributed by atoms with E-state index in [4.69, 9.17) is 5.73 Å². The van der Waals surface area contributed by atoms with Gasteiger partial charge < -0.3 is 5.73 Å². The zero-order valence-electron chi connectivity index (χ0n) is 9.37. The summed E-state index contributed by atoms with van der Waals surface area (Å²) in [4.78, 5) is 0. The molecule has 1 unspecified atom stereocenters. The van der Waals surface area contributed by atoms with Crippen LogP contribution in [0.15, 0.2) is 0 Å². The van der Waals surface area contributed by atoms with Crippen molar-refractivity contribution in [2.45, 2.75) is 25.1 Å². The predicted molar refractivity (Wildman–Crippen MR) is 56.3 cm³/mol. The van der Waals surface area contributed by atoms with Gasteiger partial charge in [-0.2, -0.15) is 30.6 Å². The third kappa shape index (κ3) is 4.41. The fourth-order valence-corrected chi connectivity index (χ4v) is 2.74. The van der Waals surface area contributed by atoms with Crippen molar-refractivity contribution >= 4 is 10.2 Å². The quantitative estimate of drug-likeness (QED) is 0.719. The number of nitrogens with zero attached hydrogens (tertiary/aromatic N) is 1. The molecule has 0 amide bonds. The van der Waals surface area contributed by atoms with Gasteiger partial charge in [0.15, 0.2) is 0 Å². The van der Waals surface area contributed by atoms with Gasteiger partial charge in [-0.05, 0) is 18.8 Å². The van der Waals surface area contributed by atoms with Crippen LogP contribution in [-0.2, 0) is 10.2 Å². The molecule has 0 aromatic carbocycles. The van der Waals surface area contributed by atoms with Gasteiger partial charge in [0.1, 0.15) is 6.54 Å². The molecule has 0 radical (unpaired) electrons. The number of alkyl halides is 3. The standard InChI is InChI=1S/C8H16F3N3O2S/c1-14(7(4-12)6-2-3-6)17(15,16)13-5-8(9,10)11/h6-7,13H,2-5,12H2,1H3. The van der Waals surface area contributed by atoms with Crippen LogP contribution < -0.4 is 10.5 Å². The van der Waals surface area contributed by atoms with Gasteiger partial charge in [-0.3, -0.25) is 0 Å². The van der Waals surface area contributed by atoms with Crippen LogP contribution in [0.4, 0.5) is 13.2 Å². The van der Waals surface area contributed by atoms with E-state index in [9.17, 15) is 21.6 Å². The largest absolute Gasteiger partial charge is 0.402 e. The highest BCUT2D eigenvalue weighted by Gasteiger charge is 2.39. The Balaban J connectivity index is 2.62. The van der Waals surface area contributed by atoms with E-state index in [2.05, 4.69) is 0 Å². The number of rotatable bonds is 6. The van der Waals surface area contributed by atoms with Crippen LogP contribution in [0.1, 0.15) is 12.8 Å². The van der Waals surface area contributed by atoms with Gasteiger partial charge >= 0.3 is 6.18 Å². The van der Waals surface area contributed by atoms with Crippen LogP contribution in [0, 0.1) is 5.92 Å². The number of nitrogens with two attached hydrogens (primary N) is 1. The Kier molecular flexibility index (Phi) is 4.39. The van der Waals surface area contributed by atoms with E-state index in [1.807, 2.05) is 0 Å². The summed E-state index contributed by atoms with van der Waals surface area (Å²) in [6.07, 6.45) is -2.84. The van der Waals surface area contributed by atoms with E-state index in [0.717, 1.165) is 17.1 Å². The van der Waals surface area contributed by atoms with Gasteiger partial charge in [0.05, 0.1) is 0 Å². The van der Waals surface area contributed by atoms with Crippen LogP contribution >= 0.6 is 0 Å². The lowest BCUT2D eigenvalue weighted by molar-refractivity contribution is -0.121. The zero-order valence-corrected chi connectivity index (χ0v) is 10.2. The molecule has 0 spiro atoms. The van der Waals surface area contributed by atoms with Gasteiger partial charge in [-0.15, -0.1) is 0 Å². The van der Waals surface area contributed by atoms with Crippen molar-refractivity contribution < 1.29 is 21.6 Å².